The van der Waals surface area contributed by atoms with Crippen molar-refractivity contribution in [3.05, 3.63) is 36.1 Å². The van der Waals surface area contributed by atoms with Crippen LogP contribution < -0.4 is 15.4 Å². The third-order valence-electron chi connectivity index (χ3n) is 6.96. The predicted octanol–water partition coefficient (Wildman–Crippen LogP) is 3.87. The van der Waals surface area contributed by atoms with E-state index in [1.165, 1.54) is 0 Å². The zero-order valence-corrected chi connectivity index (χ0v) is 22.0. The van der Waals surface area contributed by atoms with Crippen molar-refractivity contribution in [3.63, 3.8) is 0 Å². The molecule has 5 rings (SSSR count). The number of amides is 3. The van der Waals surface area contributed by atoms with Gasteiger partial charge < -0.3 is 24.1 Å². The number of pyridine rings is 1. The highest BCUT2D eigenvalue weighted by atomic mass is 16.6. The number of nitrogens with one attached hydrogen (secondary N) is 2. The lowest BCUT2D eigenvalue weighted by Gasteiger charge is -2.33. The molecule has 2 saturated heterocycles. The first kappa shape index (κ1) is 26.0. The smallest absolute Gasteiger partial charge is 0.410 e. The number of rotatable bonds is 6. The van der Waals surface area contributed by atoms with Gasteiger partial charge in [0.2, 0.25) is 17.7 Å². The molecule has 1 aromatic carbocycles. The summed E-state index contributed by atoms with van der Waals surface area (Å²) < 4.78 is 17.1. The number of hydrogen-bond acceptors (Lipinski definition) is 8. The molecule has 0 aliphatic carbocycles. The Labute approximate surface area is 221 Å². The molecule has 0 radical (unpaired) electrons. The lowest BCUT2D eigenvalue weighted by Crippen LogP contribution is -2.47. The van der Waals surface area contributed by atoms with Crippen molar-refractivity contribution >= 4 is 39.8 Å². The number of likely N-dealkylation sites (tertiary alicyclic amines) is 1. The zero-order chi connectivity index (χ0) is 26.9. The number of carbonyl (C=O) groups excluding carboxylic acids is 3. The van der Waals surface area contributed by atoms with Crippen molar-refractivity contribution in [2.75, 3.05) is 26.2 Å². The van der Waals surface area contributed by atoms with Crippen molar-refractivity contribution in [1.29, 1.82) is 0 Å². The van der Waals surface area contributed by atoms with E-state index in [0.29, 0.717) is 56.6 Å². The van der Waals surface area contributed by atoms with Gasteiger partial charge in [0.15, 0.2) is 0 Å². The van der Waals surface area contributed by atoms with E-state index in [2.05, 4.69) is 15.6 Å². The number of benzene rings is 1. The second-order valence-electron chi connectivity index (χ2n) is 10.9. The molecule has 2 aromatic heterocycles. The number of carbonyl (C=O) groups is 3. The van der Waals surface area contributed by atoms with Gasteiger partial charge in [0.05, 0.1) is 17.7 Å². The highest BCUT2D eigenvalue weighted by Gasteiger charge is 2.31. The lowest BCUT2D eigenvalue weighted by atomic mass is 9.89. The highest BCUT2D eigenvalue weighted by Crippen LogP contribution is 2.36. The molecule has 3 aromatic rings. The largest absolute Gasteiger partial charge is 0.476 e. The van der Waals surface area contributed by atoms with E-state index in [0.717, 1.165) is 34.7 Å². The van der Waals surface area contributed by atoms with Gasteiger partial charge in [0, 0.05) is 54.5 Å². The number of ether oxygens (including phenoxy) is 2. The number of furan rings is 1. The fourth-order valence-electron chi connectivity index (χ4n) is 5.09. The number of nitrogens with zero attached hydrogens (tertiary/aromatic N) is 2. The molecule has 4 heterocycles. The summed E-state index contributed by atoms with van der Waals surface area (Å²) in [4.78, 5) is 42.7. The van der Waals surface area contributed by atoms with Gasteiger partial charge in [-0.2, -0.15) is 0 Å². The van der Waals surface area contributed by atoms with Gasteiger partial charge in [0.1, 0.15) is 17.8 Å². The van der Waals surface area contributed by atoms with Gasteiger partial charge in [-0.15, -0.1) is 0 Å². The molecule has 1 unspecified atom stereocenters. The molecule has 2 aliphatic heterocycles. The predicted molar refractivity (Wildman–Crippen MR) is 141 cm³/mol. The number of fused-ring (bicyclic) bond motifs is 3. The lowest BCUT2D eigenvalue weighted by molar-refractivity contribution is -0.134. The maximum Gasteiger partial charge on any atom is 0.410 e. The van der Waals surface area contributed by atoms with E-state index in [4.69, 9.17) is 13.9 Å². The zero-order valence-electron chi connectivity index (χ0n) is 22.0. The maximum absolute atomic E-state index is 12.5. The van der Waals surface area contributed by atoms with E-state index < -0.39 is 11.5 Å². The average molecular weight is 523 g/mol. The summed E-state index contributed by atoms with van der Waals surface area (Å²) >= 11 is 0. The van der Waals surface area contributed by atoms with Crippen molar-refractivity contribution < 1.29 is 28.3 Å². The Kier molecular flexibility index (Phi) is 7.25. The van der Waals surface area contributed by atoms with Crippen LogP contribution in [0.2, 0.25) is 0 Å². The molecule has 2 N–H and O–H groups in total. The molecule has 0 spiro atoms. The molecule has 2 fully saturated rings. The molecule has 202 valence electrons. The van der Waals surface area contributed by atoms with Crippen LogP contribution in [0.4, 0.5) is 4.79 Å². The second-order valence-corrected chi connectivity index (χ2v) is 10.9. The van der Waals surface area contributed by atoms with Crippen LogP contribution in [0, 0.1) is 0 Å². The van der Waals surface area contributed by atoms with Crippen molar-refractivity contribution in [2.45, 2.75) is 64.0 Å². The van der Waals surface area contributed by atoms with Crippen LogP contribution in [0.25, 0.3) is 21.9 Å². The molecular formula is C28H34N4O6. The van der Waals surface area contributed by atoms with Gasteiger partial charge in [-0.1, -0.05) is 0 Å². The van der Waals surface area contributed by atoms with Crippen LogP contribution >= 0.6 is 0 Å². The minimum absolute atomic E-state index is 0.242. The summed E-state index contributed by atoms with van der Waals surface area (Å²) in [6.45, 7) is 8.09. The van der Waals surface area contributed by atoms with Gasteiger partial charge >= 0.3 is 6.09 Å². The Morgan fingerprint density at radius 2 is 1.95 bits per heavy atom. The summed E-state index contributed by atoms with van der Waals surface area (Å²) in [6.07, 6.45) is 3.85. The molecule has 10 heteroatoms. The Bertz CT molecular complexity index is 1350. The number of piperidine rings is 2. The van der Waals surface area contributed by atoms with E-state index in [1.807, 2.05) is 45.0 Å². The summed E-state index contributed by atoms with van der Waals surface area (Å²) in [6, 6.07) is 7.79. The molecular weight excluding hydrogens is 488 g/mol. The maximum atomic E-state index is 12.5. The number of aromatic nitrogens is 1. The molecule has 3 amide bonds. The van der Waals surface area contributed by atoms with Gasteiger partial charge in [-0.05, 0) is 58.2 Å². The topological polar surface area (TPSA) is 123 Å². The standard InChI is InChI=1S/C28H34N4O6/c1-28(2,3)38-27(35)32-13-10-17(11-14-32)29-12-15-36-24-9-5-19-21(30-24)6-7-22-25(19)20(16-37-22)18-4-8-23(33)31-26(18)34/h5-7,9,16-18,29H,4,8,10-15H2,1-3H3,(H,31,33,34). The minimum atomic E-state index is -0.485. The SMILES string of the molecule is CC(C)(C)OC(=O)N1CCC(NCCOc2ccc3c(ccc4occ(C5CCC(=O)NC5=O)c43)n2)CC1. The van der Waals surface area contributed by atoms with Crippen LogP contribution in [0.5, 0.6) is 5.88 Å². The van der Waals surface area contributed by atoms with Gasteiger partial charge in [-0.25, -0.2) is 9.78 Å². The Morgan fingerprint density at radius 1 is 1.16 bits per heavy atom. The van der Waals surface area contributed by atoms with Crippen LogP contribution in [0.3, 0.4) is 0 Å². The molecule has 0 saturated carbocycles. The first-order valence-corrected chi connectivity index (χ1v) is 13.2. The third kappa shape index (κ3) is 5.75. The van der Waals surface area contributed by atoms with Crippen LogP contribution in [0.15, 0.2) is 34.9 Å². The second kappa shape index (κ2) is 10.6. The normalized spacial score (nSPS) is 19.1. The molecule has 2 aliphatic rings. The highest BCUT2D eigenvalue weighted by molar-refractivity contribution is 6.09. The average Bonchev–Trinajstić information content (AvgIpc) is 3.30. The first-order valence-electron chi connectivity index (χ1n) is 13.2. The monoisotopic (exact) mass is 522 g/mol. The first-order chi connectivity index (χ1) is 18.2. The van der Waals surface area contributed by atoms with Gasteiger partial charge in [0.25, 0.3) is 0 Å². The van der Waals surface area contributed by atoms with Crippen LogP contribution in [-0.4, -0.2) is 65.7 Å². The van der Waals surface area contributed by atoms with Crippen LogP contribution in [0.1, 0.15) is 57.9 Å². The molecule has 38 heavy (non-hydrogen) atoms. The Balaban J connectivity index is 1.16. The fourth-order valence-corrected chi connectivity index (χ4v) is 5.09. The van der Waals surface area contributed by atoms with E-state index in [1.54, 1.807) is 11.2 Å². The Hall–Kier alpha value is -3.66. The van der Waals surface area contributed by atoms with Crippen molar-refractivity contribution in [2.24, 2.45) is 0 Å². The van der Waals surface area contributed by atoms with Crippen molar-refractivity contribution in [3.8, 4) is 5.88 Å². The molecule has 0 bridgehead atoms. The van der Waals surface area contributed by atoms with Crippen LogP contribution in [-0.2, 0) is 14.3 Å². The number of hydrogen-bond donors (Lipinski definition) is 2. The van der Waals surface area contributed by atoms with Crippen molar-refractivity contribution in [1.82, 2.24) is 20.5 Å². The summed E-state index contributed by atoms with van der Waals surface area (Å²) in [5, 5.41) is 7.64. The Morgan fingerprint density at radius 3 is 2.68 bits per heavy atom. The quantitative estimate of drug-likeness (QED) is 0.370. The van der Waals surface area contributed by atoms with E-state index >= 15 is 0 Å². The van der Waals surface area contributed by atoms with E-state index in [-0.39, 0.29) is 17.9 Å². The number of imide groups is 1. The van der Waals surface area contributed by atoms with Gasteiger partial charge in [-0.3, -0.25) is 14.9 Å². The summed E-state index contributed by atoms with van der Waals surface area (Å²) in [5.41, 5.74) is 1.70. The van der Waals surface area contributed by atoms with E-state index in [9.17, 15) is 14.4 Å². The summed E-state index contributed by atoms with van der Waals surface area (Å²) in [5.74, 6) is -0.452. The minimum Gasteiger partial charge on any atom is -0.476 e. The third-order valence-corrected chi connectivity index (χ3v) is 6.96. The molecule has 1 atom stereocenters. The summed E-state index contributed by atoms with van der Waals surface area (Å²) in [7, 11) is 0. The fraction of sp³-hybridized carbons (Fsp3) is 0.500. The molecule has 10 nitrogen and oxygen atoms in total.